The van der Waals surface area contributed by atoms with Crippen molar-refractivity contribution in [1.82, 2.24) is 5.32 Å². The fraction of sp³-hybridized carbons (Fsp3) is 0.278. The van der Waals surface area contributed by atoms with Crippen LogP contribution in [0.3, 0.4) is 0 Å². The summed E-state index contributed by atoms with van der Waals surface area (Å²) in [4.78, 5) is 4.50. The van der Waals surface area contributed by atoms with Gasteiger partial charge in [-0.25, -0.2) is 0 Å². The van der Waals surface area contributed by atoms with E-state index in [9.17, 15) is 0 Å². The average molecular weight is 266 g/mol. The van der Waals surface area contributed by atoms with Gasteiger partial charge < -0.3 is 0 Å². The second-order valence-corrected chi connectivity index (χ2v) is 4.74. The molecule has 2 aromatic carbocycles. The van der Waals surface area contributed by atoms with Crippen molar-refractivity contribution in [2.24, 2.45) is 4.99 Å². The number of aryl methyl sites for hydroxylation is 1. The topological polar surface area (TPSA) is 24.4 Å². The first-order chi connectivity index (χ1) is 9.80. The Morgan fingerprint density at radius 1 is 1.10 bits per heavy atom. The predicted molar refractivity (Wildman–Crippen MR) is 87.2 cm³/mol. The molecule has 0 fully saturated rings. The van der Waals surface area contributed by atoms with Crippen LogP contribution in [0.1, 0.15) is 31.1 Å². The molecule has 2 aromatic rings. The molecule has 1 unspecified atom stereocenters. The Morgan fingerprint density at radius 3 is 2.40 bits per heavy atom. The number of rotatable bonds is 5. The smallest absolute Gasteiger partial charge is 0.125 e. The third kappa shape index (κ3) is 3.14. The summed E-state index contributed by atoms with van der Waals surface area (Å²) in [5, 5.41) is 3.25. The van der Waals surface area contributed by atoms with E-state index in [1.807, 2.05) is 20.2 Å². The van der Waals surface area contributed by atoms with Crippen molar-refractivity contribution in [1.29, 1.82) is 0 Å². The molecule has 20 heavy (non-hydrogen) atoms. The number of nitrogens with one attached hydrogen (secondary N) is 1. The SMILES string of the molecule is C/C=N/C(NC)c1ccccc1-c1ccc(CC)cc1. The Labute approximate surface area is 121 Å². The molecule has 0 heterocycles. The molecule has 2 rings (SSSR count). The molecule has 2 nitrogen and oxygen atoms in total. The molecule has 0 aromatic heterocycles. The van der Waals surface area contributed by atoms with Crippen molar-refractivity contribution in [3.63, 3.8) is 0 Å². The molecule has 0 spiro atoms. The molecule has 0 saturated heterocycles. The summed E-state index contributed by atoms with van der Waals surface area (Å²) in [5.41, 5.74) is 5.05. The summed E-state index contributed by atoms with van der Waals surface area (Å²) in [5.74, 6) is 0. The van der Waals surface area contributed by atoms with E-state index >= 15 is 0 Å². The highest BCUT2D eigenvalue weighted by atomic mass is 15.0. The van der Waals surface area contributed by atoms with Gasteiger partial charge in [-0.2, -0.15) is 0 Å². The van der Waals surface area contributed by atoms with E-state index in [1.54, 1.807) is 0 Å². The minimum atomic E-state index is 0.00190. The van der Waals surface area contributed by atoms with E-state index < -0.39 is 0 Å². The van der Waals surface area contributed by atoms with Gasteiger partial charge in [0.25, 0.3) is 0 Å². The van der Waals surface area contributed by atoms with Crippen LogP contribution in [0.5, 0.6) is 0 Å². The fourth-order valence-corrected chi connectivity index (χ4v) is 2.38. The zero-order valence-corrected chi connectivity index (χ0v) is 12.4. The molecule has 1 N–H and O–H groups in total. The predicted octanol–water partition coefficient (Wildman–Crippen LogP) is 4.22. The van der Waals surface area contributed by atoms with Gasteiger partial charge in [0.15, 0.2) is 0 Å². The molecule has 0 saturated carbocycles. The van der Waals surface area contributed by atoms with Crippen molar-refractivity contribution >= 4 is 6.21 Å². The first-order valence-electron chi connectivity index (χ1n) is 7.13. The van der Waals surface area contributed by atoms with E-state index in [2.05, 4.69) is 65.8 Å². The van der Waals surface area contributed by atoms with E-state index in [0.29, 0.717) is 0 Å². The zero-order chi connectivity index (χ0) is 14.4. The van der Waals surface area contributed by atoms with Crippen molar-refractivity contribution in [2.45, 2.75) is 26.4 Å². The molecule has 1 atom stereocenters. The maximum Gasteiger partial charge on any atom is 0.125 e. The van der Waals surface area contributed by atoms with Crippen LogP contribution in [0.2, 0.25) is 0 Å². The highest BCUT2D eigenvalue weighted by Crippen LogP contribution is 2.29. The van der Waals surface area contributed by atoms with Gasteiger partial charge in [-0.3, -0.25) is 10.3 Å². The van der Waals surface area contributed by atoms with E-state index in [4.69, 9.17) is 0 Å². The maximum atomic E-state index is 4.50. The quantitative estimate of drug-likeness (QED) is 0.805. The van der Waals surface area contributed by atoms with Gasteiger partial charge in [-0.1, -0.05) is 55.5 Å². The summed E-state index contributed by atoms with van der Waals surface area (Å²) in [6.07, 6.45) is 2.92. The van der Waals surface area contributed by atoms with Gasteiger partial charge in [-0.05, 0) is 48.9 Å². The van der Waals surface area contributed by atoms with Crippen molar-refractivity contribution < 1.29 is 0 Å². The molecule has 0 aliphatic heterocycles. The molecule has 0 aliphatic carbocycles. The van der Waals surface area contributed by atoms with Crippen molar-refractivity contribution in [3.8, 4) is 11.1 Å². The van der Waals surface area contributed by atoms with Gasteiger partial charge in [0.1, 0.15) is 6.17 Å². The Bertz CT molecular complexity index is 570. The Hall–Kier alpha value is -1.93. The normalized spacial score (nSPS) is 12.8. The lowest BCUT2D eigenvalue weighted by Crippen LogP contribution is -2.15. The zero-order valence-electron chi connectivity index (χ0n) is 12.4. The minimum Gasteiger partial charge on any atom is -0.295 e. The van der Waals surface area contributed by atoms with E-state index in [-0.39, 0.29) is 6.17 Å². The molecule has 104 valence electrons. The molecular formula is C18H22N2. The van der Waals surface area contributed by atoms with Crippen molar-refractivity contribution in [3.05, 3.63) is 59.7 Å². The summed E-state index contributed by atoms with van der Waals surface area (Å²) in [7, 11) is 1.94. The minimum absolute atomic E-state index is 0.00190. The lowest BCUT2D eigenvalue weighted by atomic mass is 9.97. The second-order valence-electron chi connectivity index (χ2n) is 4.74. The van der Waals surface area contributed by atoms with E-state index in [0.717, 1.165) is 6.42 Å². The van der Waals surface area contributed by atoms with Crippen LogP contribution in [-0.4, -0.2) is 13.3 Å². The average Bonchev–Trinajstić information content (AvgIpc) is 2.53. The third-order valence-corrected chi connectivity index (χ3v) is 3.50. The van der Waals surface area contributed by atoms with Crippen molar-refractivity contribution in [2.75, 3.05) is 7.05 Å². The molecule has 0 bridgehead atoms. The monoisotopic (exact) mass is 266 g/mol. The highest BCUT2D eigenvalue weighted by Gasteiger charge is 2.12. The highest BCUT2D eigenvalue weighted by molar-refractivity contribution is 5.68. The number of aliphatic imine (C=N–C) groups is 1. The van der Waals surface area contributed by atoms with Gasteiger partial charge >= 0.3 is 0 Å². The van der Waals surface area contributed by atoms with Crippen LogP contribution in [0, 0.1) is 0 Å². The van der Waals surface area contributed by atoms with Gasteiger partial charge in [0.05, 0.1) is 0 Å². The molecule has 0 radical (unpaired) electrons. The van der Waals surface area contributed by atoms with Gasteiger partial charge in [-0.15, -0.1) is 0 Å². The number of nitrogens with zero attached hydrogens (tertiary/aromatic N) is 1. The summed E-state index contributed by atoms with van der Waals surface area (Å²) < 4.78 is 0. The lowest BCUT2D eigenvalue weighted by molar-refractivity contribution is 0.629. The van der Waals surface area contributed by atoms with Crippen LogP contribution in [0.15, 0.2) is 53.5 Å². The lowest BCUT2D eigenvalue weighted by Gasteiger charge is -2.16. The first-order valence-corrected chi connectivity index (χ1v) is 7.13. The molecular weight excluding hydrogens is 244 g/mol. The van der Waals surface area contributed by atoms with Crippen LogP contribution in [0.4, 0.5) is 0 Å². The largest absolute Gasteiger partial charge is 0.295 e. The van der Waals surface area contributed by atoms with Crippen LogP contribution in [-0.2, 0) is 6.42 Å². The Kier molecular flexibility index (Phi) is 5.08. The van der Waals surface area contributed by atoms with Crippen LogP contribution in [0.25, 0.3) is 11.1 Å². The van der Waals surface area contributed by atoms with Crippen LogP contribution >= 0.6 is 0 Å². The summed E-state index contributed by atoms with van der Waals surface area (Å²) in [6, 6.07) is 17.2. The van der Waals surface area contributed by atoms with Gasteiger partial charge in [0, 0.05) is 0 Å². The Morgan fingerprint density at radius 2 is 1.80 bits per heavy atom. The number of hydrogen-bond acceptors (Lipinski definition) is 2. The standard InChI is InChI=1S/C18H22N2/c1-4-14-10-12-15(13-11-14)16-8-6-7-9-17(16)18(19-3)20-5-2/h5-13,18-19H,4H2,1-3H3/b20-5+. The number of benzene rings is 2. The maximum absolute atomic E-state index is 4.50. The Balaban J connectivity index is 2.45. The fourth-order valence-electron chi connectivity index (χ4n) is 2.38. The summed E-state index contributed by atoms with van der Waals surface area (Å²) in [6.45, 7) is 4.12. The van der Waals surface area contributed by atoms with Crippen LogP contribution < -0.4 is 5.32 Å². The third-order valence-electron chi connectivity index (χ3n) is 3.50. The summed E-state index contributed by atoms with van der Waals surface area (Å²) >= 11 is 0. The first kappa shape index (κ1) is 14.5. The van der Waals surface area contributed by atoms with Gasteiger partial charge in [0.2, 0.25) is 0 Å². The molecule has 0 amide bonds. The molecule has 2 heteroatoms. The van der Waals surface area contributed by atoms with E-state index in [1.165, 1.54) is 22.3 Å². The number of hydrogen-bond donors (Lipinski definition) is 1. The molecule has 0 aliphatic rings. The second kappa shape index (κ2) is 7.01.